The minimum atomic E-state index is 0.0124. The Morgan fingerprint density at radius 3 is 2.62 bits per heavy atom. The quantitative estimate of drug-likeness (QED) is 0.823. The van der Waals surface area contributed by atoms with Gasteiger partial charge in [0.2, 0.25) is 0 Å². The third-order valence-electron chi connectivity index (χ3n) is 4.33. The zero-order chi connectivity index (χ0) is 17.1. The van der Waals surface area contributed by atoms with Gasteiger partial charge >= 0.3 is 0 Å². The number of carbonyl (C=O) groups is 1. The molecule has 0 aromatic heterocycles. The van der Waals surface area contributed by atoms with Crippen LogP contribution in [0, 0.1) is 0 Å². The van der Waals surface area contributed by atoms with E-state index in [9.17, 15) is 9.90 Å². The predicted octanol–water partition coefficient (Wildman–Crippen LogP) is 4.80. The van der Waals surface area contributed by atoms with Gasteiger partial charge in [0.05, 0.1) is 11.3 Å². The van der Waals surface area contributed by atoms with Gasteiger partial charge in [-0.05, 0) is 36.6 Å². The van der Waals surface area contributed by atoms with Crippen molar-refractivity contribution >= 4 is 22.3 Å². The molecule has 124 valence electrons. The maximum absolute atomic E-state index is 12.4. The van der Waals surface area contributed by atoms with Crippen molar-refractivity contribution in [2.45, 2.75) is 45.6 Å². The fourth-order valence-corrected chi connectivity index (χ4v) is 3.29. The summed E-state index contributed by atoms with van der Waals surface area (Å²) in [6.45, 7) is 3.99. The fourth-order valence-electron chi connectivity index (χ4n) is 3.29. The van der Waals surface area contributed by atoms with E-state index < -0.39 is 0 Å². The molecule has 0 spiro atoms. The number of Topliss-reactive ketones (excluding diaryl/α,β-unsaturated/α-hetero) is 1. The molecular formula is C21H23NO2. The first-order valence-electron chi connectivity index (χ1n) is 8.55. The van der Waals surface area contributed by atoms with Crippen molar-refractivity contribution in [2.24, 2.45) is 4.99 Å². The van der Waals surface area contributed by atoms with E-state index in [1.807, 2.05) is 32.0 Å². The van der Waals surface area contributed by atoms with E-state index in [-0.39, 0.29) is 17.6 Å². The third-order valence-corrected chi connectivity index (χ3v) is 4.33. The number of hydrogen-bond acceptors (Lipinski definition) is 3. The SMILES string of the molecule is CC(C)N=C(Cc1cccc2ccccc12)C1=C(O)CCCC1=O. The van der Waals surface area contributed by atoms with Crippen LogP contribution < -0.4 is 0 Å². The summed E-state index contributed by atoms with van der Waals surface area (Å²) in [5.74, 6) is 0.212. The van der Waals surface area contributed by atoms with Crippen LogP contribution >= 0.6 is 0 Å². The van der Waals surface area contributed by atoms with E-state index in [1.54, 1.807) is 0 Å². The summed E-state index contributed by atoms with van der Waals surface area (Å²) >= 11 is 0. The molecule has 24 heavy (non-hydrogen) atoms. The lowest BCUT2D eigenvalue weighted by molar-refractivity contribution is -0.115. The van der Waals surface area contributed by atoms with Crippen LogP contribution in [0.2, 0.25) is 0 Å². The van der Waals surface area contributed by atoms with Crippen LogP contribution in [0.3, 0.4) is 0 Å². The van der Waals surface area contributed by atoms with Gasteiger partial charge in [0.15, 0.2) is 5.78 Å². The first-order valence-corrected chi connectivity index (χ1v) is 8.55. The van der Waals surface area contributed by atoms with Crippen molar-refractivity contribution in [1.29, 1.82) is 0 Å². The molecule has 1 N–H and O–H groups in total. The van der Waals surface area contributed by atoms with E-state index in [2.05, 4.69) is 29.3 Å². The van der Waals surface area contributed by atoms with Gasteiger partial charge in [-0.15, -0.1) is 0 Å². The number of hydrogen-bond donors (Lipinski definition) is 1. The molecule has 0 amide bonds. The van der Waals surface area contributed by atoms with Crippen molar-refractivity contribution in [3.63, 3.8) is 0 Å². The second-order valence-electron chi connectivity index (χ2n) is 6.58. The minimum absolute atomic E-state index is 0.0124. The second kappa shape index (κ2) is 7.00. The third kappa shape index (κ3) is 3.40. The largest absolute Gasteiger partial charge is 0.511 e. The molecule has 0 atom stereocenters. The Kier molecular flexibility index (Phi) is 4.79. The number of nitrogens with zero attached hydrogens (tertiary/aromatic N) is 1. The van der Waals surface area contributed by atoms with Crippen molar-refractivity contribution < 1.29 is 9.90 Å². The summed E-state index contributed by atoms with van der Waals surface area (Å²) in [5, 5.41) is 12.6. The molecule has 0 saturated carbocycles. The molecule has 0 aliphatic heterocycles. The smallest absolute Gasteiger partial charge is 0.168 e. The van der Waals surface area contributed by atoms with E-state index >= 15 is 0 Å². The van der Waals surface area contributed by atoms with E-state index in [0.29, 0.717) is 30.5 Å². The van der Waals surface area contributed by atoms with Crippen LogP contribution in [-0.2, 0) is 11.2 Å². The van der Waals surface area contributed by atoms with Crippen LogP contribution in [0.4, 0.5) is 0 Å². The molecule has 0 heterocycles. The van der Waals surface area contributed by atoms with Gasteiger partial charge in [-0.1, -0.05) is 42.5 Å². The number of fused-ring (bicyclic) bond motifs is 1. The molecule has 3 rings (SSSR count). The lowest BCUT2D eigenvalue weighted by atomic mass is 9.89. The number of carbonyl (C=O) groups excluding carboxylic acids is 1. The number of aliphatic hydroxyl groups excluding tert-OH is 1. The van der Waals surface area contributed by atoms with Gasteiger partial charge in [0, 0.05) is 25.3 Å². The molecule has 2 aromatic carbocycles. The molecule has 0 unspecified atom stereocenters. The Bertz CT molecular complexity index is 825. The van der Waals surface area contributed by atoms with Gasteiger partial charge in [-0.2, -0.15) is 0 Å². The first kappa shape index (κ1) is 16.4. The molecule has 0 radical (unpaired) electrons. The lowest BCUT2D eigenvalue weighted by Gasteiger charge is -2.18. The molecule has 1 aliphatic carbocycles. The Morgan fingerprint density at radius 1 is 1.12 bits per heavy atom. The fraction of sp³-hybridized carbons (Fsp3) is 0.333. The molecule has 0 fully saturated rings. The van der Waals surface area contributed by atoms with Gasteiger partial charge in [0.1, 0.15) is 5.76 Å². The number of allylic oxidation sites excluding steroid dienone is 2. The van der Waals surface area contributed by atoms with Crippen LogP contribution in [0.5, 0.6) is 0 Å². The van der Waals surface area contributed by atoms with Crippen molar-refractivity contribution in [3.05, 3.63) is 59.4 Å². The van der Waals surface area contributed by atoms with E-state index in [0.717, 1.165) is 12.0 Å². The summed E-state index contributed by atoms with van der Waals surface area (Å²) in [6.07, 6.45) is 2.34. The molecule has 0 bridgehead atoms. The lowest BCUT2D eigenvalue weighted by Crippen LogP contribution is -2.22. The number of aliphatic hydroxyl groups is 1. The number of benzene rings is 2. The van der Waals surface area contributed by atoms with Crippen LogP contribution in [0.1, 0.15) is 38.7 Å². The highest BCUT2D eigenvalue weighted by Crippen LogP contribution is 2.25. The maximum atomic E-state index is 12.4. The topological polar surface area (TPSA) is 49.7 Å². The monoisotopic (exact) mass is 321 g/mol. The van der Waals surface area contributed by atoms with Crippen LogP contribution in [-0.4, -0.2) is 22.6 Å². The Hall–Kier alpha value is -2.42. The zero-order valence-electron chi connectivity index (χ0n) is 14.2. The number of ketones is 1. The molecule has 1 aliphatic rings. The van der Waals surface area contributed by atoms with Crippen molar-refractivity contribution in [3.8, 4) is 0 Å². The van der Waals surface area contributed by atoms with Crippen molar-refractivity contribution in [1.82, 2.24) is 0 Å². The highest BCUT2D eigenvalue weighted by molar-refractivity contribution is 6.24. The van der Waals surface area contributed by atoms with Crippen LogP contribution in [0.25, 0.3) is 10.8 Å². The summed E-state index contributed by atoms with van der Waals surface area (Å²) in [7, 11) is 0. The molecule has 3 nitrogen and oxygen atoms in total. The highest BCUT2D eigenvalue weighted by atomic mass is 16.3. The van der Waals surface area contributed by atoms with Gasteiger partial charge in [-0.3, -0.25) is 9.79 Å². The Morgan fingerprint density at radius 2 is 1.88 bits per heavy atom. The average molecular weight is 321 g/mol. The molecule has 3 heteroatoms. The number of rotatable bonds is 4. The minimum Gasteiger partial charge on any atom is -0.511 e. The number of aliphatic imine (C=N–C) groups is 1. The summed E-state index contributed by atoms with van der Waals surface area (Å²) in [6, 6.07) is 14.5. The predicted molar refractivity (Wildman–Crippen MR) is 98.7 cm³/mol. The zero-order valence-corrected chi connectivity index (χ0v) is 14.2. The Balaban J connectivity index is 2.06. The van der Waals surface area contributed by atoms with Crippen molar-refractivity contribution in [2.75, 3.05) is 0 Å². The summed E-state index contributed by atoms with van der Waals surface area (Å²) in [4.78, 5) is 17.1. The second-order valence-corrected chi connectivity index (χ2v) is 6.58. The van der Waals surface area contributed by atoms with Gasteiger partial charge < -0.3 is 5.11 Å². The van der Waals surface area contributed by atoms with Gasteiger partial charge in [0.25, 0.3) is 0 Å². The Labute approximate surface area is 142 Å². The highest BCUT2D eigenvalue weighted by Gasteiger charge is 2.25. The standard InChI is InChI=1S/C21H23NO2/c1-14(2)22-18(21-19(23)11-6-12-20(21)24)13-16-9-5-8-15-7-3-4-10-17(15)16/h3-5,7-10,14,23H,6,11-13H2,1-2H3. The molecular weight excluding hydrogens is 298 g/mol. The summed E-state index contributed by atoms with van der Waals surface area (Å²) < 4.78 is 0. The molecule has 0 saturated heterocycles. The average Bonchev–Trinajstić information content (AvgIpc) is 2.54. The van der Waals surface area contributed by atoms with Gasteiger partial charge in [-0.25, -0.2) is 0 Å². The summed E-state index contributed by atoms with van der Waals surface area (Å²) in [5.41, 5.74) is 2.29. The normalized spacial score (nSPS) is 16.3. The van der Waals surface area contributed by atoms with E-state index in [4.69, 9.17) is 0 Å². The van der Waals surface area contributed by atoms with Crippen LogP contribution in [0.15, 0.2) is 58.8 Å². The molecule has 2 aromatic rings. The van der Waals surface area contributed by atoms with E-state index in [1.165, 1.54) is 10.8 Å². The maximum Gasteiger partial charge on any atom is 0.168 e. The first-order chi connectivity index (χ1) is 11.6.